The number of piperazine rings is 1. The predicted octanol–water partition coefficient (Wildman–Crippen LogP) is 3.64. The number of aromatic nitrogens is 3. The molecule has 3 aromatic rings. The molecule has 0 amide bonds. The molecule has 1 aliphatic heterocycles. The monoisotopic (exact) mass is 389 g/mol. The Kier molecular flexibility index (Phi) is 4.84. The van der Waals surface area contributed by atoms with Gasteiger partial charge in [0.15, 0.2) is 16.4 Å². The molecule has 26 heavy (non-hydrogen) atoms. The van der Waals surface area contributed by atoms with Crippen molar-refractivity contribution in [2.45, 2.75) is 6.67 Å². The van der Waals surface area contributed by atoms with E-state index in [4.69, 9.17) is 28.2 Å². The summed E-state index contributed by atoms with van der Waals surface area (Å²) in [7, 11) is 1.92. The van der Waals surface area contributed by atoms with Crippen LogP contribution in [0.3, 0.4) is 0 Å². The van der Waals surface area contributed by atoms with E-state index in [1.165, 1.54) is 0 Å². The standard InChI is InChI=1S/C18H20ClN5OS/c1-21-17(16-7-4-12-25-16)20-24(18(21)26)13-22-8-10-23(11-9-22)15-6-3-2-5-14(15)19/h2-7,12H,8-11,13H2,1H3. The van der Waals surface area contributed by atoms with Crippen molar-refractivity contribution >= 4 is 29.5 Å². The molecule has 2 aromatic heterocycles. The average molecular weight is 390 g/mol. The zero-order valence-corrected chi connectivity index (χ0v) is 16.1. The van der Waals surface area contributed by atoms with E-state index in [0.717, 1.165) is 48.5 Å². The van der Waals surface area contributed by atoms with Crippen LogP contribution in [0.2, 0.25) is 5.02 Å². The number of benzene rings is 1. The zero-order valence-electron chi connectivity index (χ0n) is 14.5. The molecule has 1 aliphatic rings. The highest BCUT2D eigenvalue weighted by Gasteiger charge is 2.20. The molecule has 8 heteroatoms. The Morgan fingerprint density at radius 1 is 1.12 bits per heavy atom. The van der Waals surface area contributed by atoms with Crippen molar-refractivity contribution in [2.75, 3.05) is 31.1 Å². The van der Waals surface area contributed by atoms with E-state index in [9.17, 15) is 0 Å². The molecule has 0 atom stereocenters. The molecule has 4 rings (SSSR count). The lowest BCUT2D eigenvalue weighted by Crippen LogP contribution is -2.47. The molecule has 1 fully saturated rings. The van der Waals surface area contributed by atoms with Gasteiger partial charge in [-0.25, -0.2) is 4.68 Å². The summed E-state index contributed by atoms with van der Waals surface area (Å²) >= 11 is 11.9. The van der Waals surface area contributed by atoms with Crippen molar-refractivity contribution in [1.29, 1.82) is 0 Å². The topological polar surface area (TPSA) is 42.4 Å². The van der Waals surface area contributed by atoms with Crippen molar-refractivity contribution in [2.24, 2.45) is 7.05 Å². The summed E-state index contributed by atoms with van der Waals surface area (Å²) in [5.41, 5.74) is 1.10. The number of rotatable bonds is 4. The lowest BCUT2D eigenvalue weighted by atomic mass is 10.2. The van der Waals surface area contributed by atoms with Gasteiger partial charge < -0.3 is 13.9 Å². The Balaban J connectivity index is 1.45. The number of halogens is 1. The normalized spacial score (nSPS) is 15.5. The van der Waals surface area contributed by atoms with Gasteiger partial charge in [0, 0.05) is 33.2 Å². The maximum atomic E-state index is 6.32. The van der Waals surface area contributed by atoms with E-state index >= 15 is 0 Å². The summed E-state index contributed by atoms with van der Waals surface area (Å²) in [6.45, 7) is 4.38. The van der Waals surface area contributed by atoms with E-state index in [-0.39, 0.29) is 0 Å². The number of nitrogens with zero attached hydrogens (tertiary/aromatic N) is 5. The molecule has 0 N–H and O–H groups in total. The fourth-order valence-corrected chi connectivity index (χ4v) is 3.67. The van der Waals surface area contributed by atoms with Crippen molar-refractivity contribution in [1.82, 2.24) is 19.2 Å². The summed E-state index contributed by atoms with van der Waals surface area (Å²) in [5.74, 6) is 1.47. The van der Waals surface area contributed by atoms with Crippen LogP contribution in [0.15, 0.2) is 47.1 Å². The summed E-state index contributed by atoms with van der Waals surface area (Å²) in [6.07, 6.45) is 1.64. The van der Waals surface area contributed by atoms with Gasteiger partial charge in [-0.15, -0.1) is 5.10 Å². The fourth-order valence-electron chi connectivity index (χ4n) is 3.23. The van der Waals surface area contributed by atoms with Gasteiger partial charge in [-0.1, -0.05) is 23.7 Å². The fraction of sp³-hybridized carbons (Fsp3) is 0.333. The number of hydrogen-bond donors (Lipinski definition) is 0. The van der Waals surface area contributed by atoms with E-state index in [1.807, 2.05) is 46.6 Å². The van der Waals surface area contributed by atoms with Crippen molar-refractivity contribution in [3.05, 3.63) is 52.5 Å². The Labute approximate surface area is 162 Å². The van der Waals surface area contributed by atoms with Crippen LogP contribution in [0.5, 0.6) is 0 Å². The Morgan fingerprint density at radius 3 is 2.58 bits per heavy atom. The highest BCUT2D eigenvalue weighted by atomic mass is 35.5. The summed E-state index contributed by atoms with van der Waals surface area (Å²) in [4.78, 5) is 4.67. The largest absolute Gasteiger partial charge is 0.461 e. The average Bonchev–Trinajstić information content (AvgIpc) is 3.27. The summed E-state index contributed by atoms with van der Waals surface area (Å²) in [5, 5.41) is 5.44. The molecule has 0 spiro atoms. The Hall–Kier alpha value is -2.09. The Morgan fingerprint density at radius 2 is 1.88 bits per heavy atom. The SMILES string of the molecule is Cn1c(-c2ccco2)nn(CN2CCN(c3ccccc3Cl)CC2)c1=S. The second-order valence-corrected chi connectivity index (χ2v) is 7.11. The lowest BCUT2D eigenvalue weighted by molar-refractivity contribution is 0.194. The third-order valence-electron chi connectivity index (χ3n) is 4.68. The van der Waals surface area contributed by atoms with Crippen LogP contribution < -0.4 is 4.90 Å². The van der Waals surface area contributed by atoms with Gasteiger partial charge in [0.05, 0.1) is 23.6 Å². The molecule has 0 bridgehead atoms. The van der Waals surface area contributed by atoms with Crippen molar-refractivity contribution < 1.29 is 4.42 Å². The summed E-state index contributed by atoms with van der Waals surface area (Å²) < 4.78 is 9.88. The zero-order chi connectivity index (χ0) is 18.1. The number of furan rings is 1. The van der Waals surface area contributed by atoms with E-state index in [2.05, 4.69) is 21.0 Å². The molecule has 1 saturated heterocycles. The Bertz CT molecular complexity index is 941. The van der Waals surface area contributed by atoms with Crippen molar-refractivity contribution in [3.63, 3.8) is 0 Å². The first-order chi connectivity index (χ1) is 12.6. The van der Waals surface area contributed by atoms with Gasteiger partial charge in [0.25, 0.3) is 0 Å². The van der Waals surface area contributed by atoms with E-state index < -0.39 is 0 Å². The highest BCUT2D eigenvalue weighted by Crippen LogP contribution is 2.26. The van der Waals surface area contributed by atoms with Gasteiger partial charge in [-0.3, -0.25) is 4.90 Å². The van der Waals surface area contributed by atoms with Gasteiger partial charge in [-0.2, -0.15) is 0 Å². The molecule has 6 nitrogen and oxygen atoms in total. The van der Waals surface area contributed by atoms with E-state index in [0.29, 0.717) is 11.4 Å². The first-order valence-electron chi connectivity index (χ1n) is 8.53. The molecule has 0 aliphatic carbocycles. The van der Waals surface area contributed by atoms with Gasteiger partial charge in [0.2, 0.25) is 0 Å². The van der Waals surface area contributed by atoms with Gasteiger partial charge in [0.1, 0.15) is 0 Å². The molecule has 0 saturated carbocycles. The maximum Gasteiger partial charge on any atom is 0.199 e. The van der Waals surface area contributed by atoms with Gasteiger partial charge >= 0.3 is 0 Å². The minimum atomic E-state index is 0.670. The van der Waals surface area contributed by atoms with Crippen LogP contribution in [0.1, 0.15) is 0 Å². The maximum absolute atomic E-state index is 6.32. The van der Waals surface area contributed by atoms with E-state index in [1.54, 1.807) is 6.26 Å². The number of para-hydroxylation sites is 1. The molecular weight excluding hydrogens is 370 g/mol. The number of hydrogen-bond acceptors (Lipinski definition) is 5. The van der Waals surface area contributed by atoms with Crippen LogP contribution in [-0.2, 0) is 13.7 Å². The molecule has 0 unspecified atom stereocenters. The molecular formula is C18H20ClN5OS. The number of anilines is 1. The third-order valence-corrected chi connectivity index (χ3v) is 5.49. The highest BCUT2D eigenvalue weighted by molar-refractivity contribution is 7.71. The summed E-state index contributed by atoms with van der Waals surface area (Å²) in [6, 6.07) is 11.7. The molecule has 136 valence electrons. The smallest absolute Gasteiger partial charge is 0.199 e. The molecule has 1 aromatic carbocycles. The quantitative estimate of drug-likeness (QED) is 0.637. The minimum absolute atomic E-state index is 0.670. The second kappa shape index (κ2) is 7.26. The van der Waals surface area contributed by atoms with Crippen LogP contribution in [0.4, 0.5) is 5.69 Å². The first-order valence-corrected chi connectivity index (χ1v) is 9.31. The predicted molar refractivity (Wildman–Crippen MR) is 105 cm³/mol. The van der Waals surface area contributed by atoms with Crippen LogP contribution >= 0.6 is 23.8 Å². The lowest BCUT2D eigenvalue weighted by Gasteiger charge is -2.36. The minimum Gasteiger partial charge on any atom is -0.461 e. The van der Waals surface area contributed by atoms with Crippen LogP contribution in [0.25, 0.3) is 11.6 Å². The van der Waals surface area contributed by atoms with Crippen LogP contribution in [-0.4, -0.2) is 45.4 Å². The third kappa shape index (κ3) is 3.30. The first kappa shape index (κ1) is 17.3. The van der Waals surface area contributed by atoms with Crippen molar-refractivity contribution in [3.8, 4) is 11.6 Å². The van der Waals surface area contributed by atoms with Gasteiger partial charge in [-0.05, 0) is 36.5 Å². The molecule has 0 radical (unpaired) electrons. The van der Waals surface area contributed by atoms with Crippen LogP contribution in [0, 0.1) is 4.77 Å². The second-order valence-electron chi connectivity index (χ2n) is 6.34. The molecule has 3 heterocycles.